The van der Waals surface area contributed by atoms with Gasteiger partial charge in [-0.15, -0.1) is 0 Å². The van der Waals surface area contributed by atoms with Gasteiger partial charge in [-0.1, -0.05) is 0 Å². The van der Waals surface area contributed by atoms with Crippen molar-refractivity contribution in [3.05, 3.63) is 0 Å². The molecule has 3 aliphatic heterocycles. The standard InChI is InChI=1S/C31H42O21/c1-12(32)43-20-9-41-30(27(48-17(6)37)23(20)44-13(2)33)52-22-11-42-31(28(49-18(7)38)25(22)46-15(4)35)51-21-10-40-29(50-19(8)39)26(47-16(5)36)24(21)45-14(3)34/h20-31H,9-11H2,1-8H3/t20-,21-,22-,23+,24+,25+,26-,27-,28-,29?,30+,31+/m1/s1. The van der Waals surface area contributed by atoms with Crippen molar-refractivity contribution in [3.8, 4) is 0 Å². The van der Waals surface area contributed by atoms with Crippen LogP contribution in [0.1, 0.15) is 55.4 Å². The topological polar surface area (TPSA) is 257 Å². The Balaban J connectivity index is 1.96. The lowest BCUT2D eigenvalue weighted by atomic mass is 10.0. The van der Waals surface area contributed by atoms with Crippen LogP contribution in [0.25, 0.3) is 0 Å². The van der Waals surface area contributed by atoms with Crippen molar-refractivity contribution < 1.29 is 99.9 Å². The largest absolute Gasteiger partial charge is 0.456 e. The predicted molar refractivity (Wildman–Crippen MR) is 160 cm³/mol. The molecule has 0 N–H and O–H groups in total. The summed E-state index contributed by atoms with van der Waals surface area (Å²) >= 11 is 0. The van der Waals surface area contributed by atoms with Gasteiger partial charge in [-0.2, -0.15) is 0 Å². The highest BCUT2D eigenvalue weighted by atomic mass is 16.8. The van der Waals surface area contributed by atoms with Gasteiger partial charge in [-0.25, -0.2) is 0 Å². The number of hydrogen-bond acceptors (Lipinski definition) is 21. The Morgan fingerprint density at radius 2 is 0.577 bits per heavy atom. The number of carbonyl (C=O) groups excluding carboxylic acids is 8. The van der Waals surface area contributed by atoms with Gasteiger partial charge in [-0.3, -0.25) is 38.4 Å². The molecule has 21 nitrogen and oxygen atoms in total. The molecule has 21 heteroatoms. The van der Waals surface area contributed by atoms with Gasteiger partial charge < -0.3 is 61.6 Å². The lowest BCUT2D eigenvalue weighted by molar-refractivity contribution is -0.349. The Kier molecular flexibility index (Phi) is 15.2. The summed E-state index contributed by atoms with van der Waals surface area (Å²) in [6, 6.07) is 0. The van der Waals surface area contributed by atoms with Crippen LogP contribution >= 0.6 is 0 Å². The molecule has 3 aliphatic rings. The second kappa shape index (κ2) is 18.9. The summed E-state index contributed by atoms with van der Waals surface area (Å²) in [6.07, 6.45) is -17.7. The van der Waals surface area contributed by atoms with Crippen molar-refractivity contribution in [3.63, 3.8) is 0 Å². The molecule has 0 aromatic heterocycles. The fourth-order valence-electron chi connectivity index (χ4n) is 5.57. The van der Waals surface area contributed by atoms with E-state index in [1.165, 1.54) is 0 Å². The SMILES string of the molecule is CC(=O)OC1OC[C@@H](O[C@@H]2OC[C@@H](O[C@@H]3OC[C@@H](OC(C)=O)[C@H](OC(C)=O)[C@H]3OC(C)=O)[C@H](OC(C)=O)[C@H]2OC(C)=O)[C@H](OC(C)=O)[C@H]1OC(C)=O. The smallest absolute Gasteiger partial charge is 0.305 e. The molecule has 0 spiro atoms. The zero-order valence-corrected chi connectivity index (χ0v) is 29.6. The van der Waals surface area contributed by atoms with Gasteiger partial charge in [0.25, 0.3) is 0 Å². The normalized spacial score (nSPS) is 32.9. The van der Waals surface area contributed by atoms with E-state index in [2.05, 4.69) is 0 Å². The fraction of sp³-hybridized carbons (Fsp3) is 0.742. The van der Waals surface area contributed by atoms with E-state index in [0.717, 1.165) is 55.4 Å². The average Bonchev–Trinajstić information content (AvgIpc) is 2.99. The van der Waals surface area contributed by atoms with Crippen LogP contribution in [0.3, 0.4) is 0 Å². The van der Waals surface area contributed by atoms with E-state index in [0.29, 0.717) is 0 Å². The van der Waals surface area contributed by atoms with Gasteiger partial charge >= 0.3 is 47.8 Å². The van der Waals surface area contributed by atoms with E-state index in [4.69, 9.17) is 61.6 Å². The lowest BCUT2D eigenvalue weighted by Crippen LogP contribution is -2.64. The van der Waals surface area contributed by atoms with Gasteiger partial charge in [0.1, 0.15) is 12.2 Å². The summed E-state index contributed by atoms with van der Waals surface area (Å²) in [4.78, 5) is 96.5. The predicted octanol–water partition coefficient (Wildman–Crippen LogP) is -1.09. The minimum absolute atomic E-state index is 0.401. The van der Waals surface area contributed by atoms with Crippen LogP contribution in [-0.4, -0.2) is 141 Å². The molecule has 3 heterocycles. The minimum atomic E-state index is -1.62. The molecule has 3 saturated heterocycles. The molecule has 0 amide bonds. The average molecular weight is 751 g/mol. The molecular formula is C31H42O21. The molecule has 0 aromatic rings. The van der Waals surface area contributed by atoms with Crippen LogP contribution in [0.4, 0.5) is 0 Å². The maximum atomic E-state index is 12.4. The zero-order valence-electron chi connectivity index (χ0n) is 29.6. The van der Waals surface area contributed by atoms with Crippen molar-refractivity contribution in [1.29, 1.82) is 0 Å². The molecule has 0 aromatic carbocycles. The van der Waals surface area contributed by atoms with Gasteiger partial charge in [0, 0.05) is 55.4 Å². The molecule has 3 rings (SSSR count). The number of esters is 8. The van der Waals surface area contributed by atoms with Crippen molar-refractivity contribution >= 4 is 47.8 Å². The molecule has 0 saturated carbocycles. The summed E-state index contributed by atoms with van der Waals surface area (Å²) in [6.45, 7) is 7.18. The number of rotatable bonds is 12. The van der Waals surface area contributed by atoms with Crippen molar-refractivity contribution in [2.24, 2.45) is 0 Å². The summed E-state index contributed by atoms with van der Waals surface area (Å²) in [7, 11) is 0. The molecule has 0 aliphatic carbocycles. The summed E-state index contributed by atoms with van der Waals surface area (Å²) in [5.74, 6) is -6.69. The first-order chi connectivity index (χ1) is 24.4. The van der Waals surface area contributed by atoms with Crippen LogP contribution in [0.15, 0.2) is 0 Å². The van der Waals surface area contributed by atoms with Crippen molar-refractivity contribution in [1.82, 2.24) is 0 Å². The Morgan fingerprint density at radius 1 is 0.327 bits per heavy atom. The summed E-state index contributed by atoms with van der Waals surface area (Å²) in [5.41, 5.74) is 0. The van der Waals surface area contributed by atoms with Crippen LogP contribution in [0.5, 0.6) is 0 Å². The Labute approximate surface area is 296 Å². The van der Waals surface area contributed by atoms with Crippen LogP contribution in [0, 0.1) is 0 Å². The molecule has 292 valence electrons. The van der Waals surface area contributed by atoms with E-state index in [1.807, 2.05) is 0 Å². The molecular weight excluding hydrogens is 708 g/mol. The van der Waals surface area contributed by atoms with Gasteiger partial charge in [-0.05, 0) is 0 Å². The molecule has 1 unspecified atom stereocenters. The highest BCUT2D eigenvalue weighted by Gasteiger charge is 2.55. The van der Waals surface area contributed by atoms with E-state index in [-0.39, 0.29) is 0 Å². The third-order valence-electron chi connectivity index (χ3n) is 7.18. The number of hydrogen-bond donors (Lipinski definition) is 0. The van der Waals surface area contributed by atoms with Crippen LogP contribution in [-0.2, 0) is 99.9 Å². The molecule has 0 bridgehead atoms. The highest BCUT2D eigenvalue weighted by molar-refractivity contribution is 5.70. The second-order valence-corrected chi connectivity index (χ2v) is 11.7. The Hall–Kier alpha value is -4.44. The number of ether oxygens (including phenoxy) is 13. The number of carbonyl (C=O) groups is 8. The van der Waals surface area contributed by atoms with Crippen molar-refractivity contribution in [2.75, 3.05) is 19.8 Å². The molecule has 3 fully saturated rings. The third-order valence-corrected chi connectivity index (χ3v) is 7.18. The monoisotopic (exact) mass is 750 g/mol. The fourth-order valence-corrected chi connectivity index (χ4v) is 5.57. The second-order valence-electron chi connectivity index (χ2n) is 11.7. The molecule has 12 atom stereocenters. The van der Waals surface area contributed by atoms with Gasteiger partial charge in [0.2, 0.25) is 12.4 Å². The maximum absolute atomic E-state index is 12.4. The van der Waals surface area contributed by atoms with Gasteiger partial charge in [0.05, 0.1) is 19.8 Å². The summed E-state index contributed by atoms with van der Waals surface area (Å²) in [5, 5.41) is 0. The summed E-state index contributed by atoms with van der Waals surface area (Å²) < 4.78 is 72.1. The van der Waals surface area contributed by atoms with Crippen molar-refractivity contribution in [2.45, 2.75) is 129 Å². The van der Waals surface area contributed by atoms with E-state index in [1.54, 1.807) is 0 Å². The van der Waals surface area contributed by atoms with E-state index < -0.39 is 141 Å². The Morgan fingerprint density at radius 3 is 0.904 bits per heavy atom. The Bertz CT molecular complexity index is 1250. The molecule has 0 radical (unpaired) electrons. The third kappa shape index (κ3) is 12.1. The lowest BCUT2D eigenvalue weighted by Gasteiger charge is -2.46. The first-order valence-electron chi connectivity index (χ1n) is 15.9. The van der Waals surface area contributed by atoms with Crippen LogP contribution < -0.4 is 0 Å². The quantitative estimate of drug-likeness (QED) is 0.170. The maximum Gasteiger partial charge on any atom is 0.305 e. The first-order valence-corrected chi connectivity index (χ1v) is 15.9. The zero-order chi connectivity index (χ0) is 38.9. The minimum Gasteiger partial charge on any atom is -0.456 e. The molecule has 52 heavy (non-hydrogen) atoms. The first kappa shape index (κ1) is 42.0. The highest BCUT2D eigenvalue weighted by Crippen LogP contribution is 2.33. The van der Waals surface area contributed by atoms with E-state index in [9.17, 15) is 38.4 Å². The van der Waals surface area contributed by atoms with E-state index >= 15 is 0 Å². The van der Waals surface area contributed by atoms with Crippen LogP contribution in [0.2, 0.25) is 0 Å². The van der Waals surface area contributed by atoms with Gasteiger partial charge in [0.15, 0.2) is 49.2 Å².